The molecule has 2 unspecified atom stereocenters. The molecule has 0 aliphatic heterocycles. The molecule has 0 radical (unpaired) electrons. The summed E-state index contributed by atoms with van der Waals surface area (Å²) >= 11 is 0. The molecule has 2 N–H and O–H groups in total. The predicted molar refractivity (Wildman–Crippen MR) is 109 cm³/mol. The summed E-state index contributed by atoms with van der Waals surface area (Å²) in [6.45, 7) is 11.7. The van der Waals surface area contributed by atoms with Crippen LogP contribution >= 0.6 is 0 Å². The molecule has 0 aromatic heterocycles. The van der Waals surface area contributed by atoms with E-state index in [0.717, 1.165) is 0 Å². The summed E-state index contributed by atoms with van der Waals surface area (Å²) in [5, 5.41) is 4.42. The standard InChI is InChI=1S/2C8H17NO4S.Ca/c2*1-5-6(2)7(10)9-8(3,4)14(11,12)13;/h2*6H,5H2,1-4H3,(H,9,10)(H,11,12,13);/q;;+2/p-2. The van der Waals surface area contributed by atoms with E-state index in [1.54, 1.807) is 13.8 Å². The van der Waals surface area contributed by atoms with Crippen molar-refractivity contribution in [2.45, 2.75) is 78.0 Å². The maximum Gasteiger partial charge on any atom is 2.00 e. The van der Waals surface area contributed by atoms with Crippen LogP contribution in [0.3, 0.4) is 0 Å². The Morgan fingerprint density at radius 3 is 1.10 bits per heavy atom. The molecular weight excluding hydrogens is 452 g/mol. The Morgan fingerprint density at radius 2 is 0.966 bits per heavy atom. The molecule has 0 aliphatic rings. The number of hydrogen-bond donors (Lipinski definition) is 2. The van der Waals surface area contributed by atoms with Crippen molar-refractivity contribution in [1.82, 2.24) is 10.6 Å². The molecule has 0 aromatic carbocycles. The zero-order valence-electron chi connectivity index (χ0n) is 18.4. The van der Waals surface area contributed by atoms with Crippen molar-refractivity contribution >= 4 is 69.8 Å². The van der Waals surface area contributed by atoms with Gasteiger partial charge in [-0.15, -0.1) is 0 Å². The molecule has 0 rings (SSSR count). The zero-order valence-corrected chi connectivity index (χ0v) is 22.2. The Morgan fingerprint density at radius 1 is 0.759 bits per heavy atom. The number of carbonyl (C=O) groups is 2. The average molecular weight is 485 g/mol. The Balaban J connectivity index is -0.000000451. The molecule has 13 heteroatoms. The molecule has 0 aliphatic carbocycles. The van der Waals surface area contributed by atoms with E-state index in [9.17, 15) is 35.5 Å². The third-order valence-corrected chi connectivity index (χ3v) is 6.92. The zero-order chi connectivity index (χ0) is 23.1. The van der Waals surface area contributed by atoms with E-state index in [0.29, 0.717) is 12.8 Å². The molecule has 0 saturated carbocycles. The predicted octanol–water partition coefficient (Wildman–Crippen LogP) is 0.479. The molecule has 168 valence electrons. The molecular formula is C16H32CaN2O8S2. The summed E-state index contributed by atoms with van der Waals surface area (Å²) in [5.41, 5.74) is 0. The fourth-order valence-electron chi connectivity index (χ4n) is 1.34. The first kappa shape index (κ1) is 33.7. The Kier molecular flexibility index (Phi) is 14.8. The number of rotatable bonds is 8. The fourth-order valence-corrected chi connectivity index (χ4v) is 1.79. The van der Waals surface area contributed by atoms with Gasteiger partial charge in [-0.3, -0.25) is 9.59 Å². The summed E-state index contributed by atoms with van der Waals surface area (Å²) in [6.07, 6.45) is 1.20. The van der Waals surface area contributed by atoms with Gasteiger partial charge in [0.15, 0.2) is 0 Å². The summed E-state index contributed by atoms with van der Waals surface area (Å²) in [4.78, 5) is 19.2. The second kappa shape index (κ2) is 12.8. The maximum absolute atomic E-state index is 11.3. The van der Waals surface area contributed by atoms with Crippen molar-refractivity contribution in [3.63, 3.8) is 0 Å². The first-order valence-corrected chi connectivity index (χ1v) is 11.6. The number of carbonyl (C=O) groups excluding carboxylic acids is 2. The minimum atomic E-state index is -4.52. The van der Waals surface area contributed by atoms with Crippen molar-refractivity contribution in [2.75, 3.05) is 0 Å². The van der Waals surface area contributed by atoms with E-state index >= 15 is 0 Å². The molecule has 0 spiro atoms. The van der Waals surface area contributed by atoms with Crippen molar-refractivity contribution in [3.8, 4) is 0 Å². The molecule has 0 heterocycles. The number of hydrogen-bond acceptors (Lipinski definition) is 8. The van der Waals surface area contributed by atoms with Crippen molar-refractivity contribution in [1.29, 1.82) is 0 Å². The van der Waals surface area contributed by atoms with Crippen LogP contribution in [0.25, 0.3) is 0 Å². The van der Waals surface area contributed by atoms with Gasteiger partial charge in [0.2, 0.25) is 11.8 Å². The van der Waals surface area contributed by atoms with Gasteiger partial charge in [-0.25, -0.2) is 16.8 Å². The number of amides is 2. The molecule has 10 nitrogen and oxygen atoms in total. The van der Waals surface area contributed by atoms with Gasteiger partial charge in [0, 0.05) is 11.8 Å². The van der Waals surface area contributed by atoms with Crippen molar-refractivity contribution in [3.05, 3.63) is 0 Å². The number of nitrogens with one attached hydrogen (secondary N) is 2. The third kappa shape index (κ3) is 11.8. The van der Waals surface area contributed by atoms with E-state index in [4.69, 9.17) is 0 Å². The normalized spacial score (nSPS) is 14.4. The minimum absolute atomic E-state index is 0. The smallest absolute Gasteiger partial charge is 0.746 e. The van der Waals surface area contributed by atoms with Crippen LogP contribution < -0.4 is 10.6 Å². The van der Waals surface area contributed by atoms with Gasteiger partial charge in [0.1, 0.15) is 30.0 Å². The first-order valence-electron chi connectivity index (χ1n) is 8.78. The molecule has 0 aromatic rings. The van der Waals surface area contributed by atoms with Crippen LogP contribution in [0.2, 0.25) is 0 Å². The largest absolute Gasteiger partial charge is 2.00 e. The van der Waals surface area contributed by atoms with E-state index < -0.39 is 41.8 Å². The van der Waals surface area contributed by atoms with Crippen LogP contribution in [-0.2, 0) is 29.8 Å². The summed E-state index contributed by atoms with van der Waals surface area (Å²) < 4.78 is 64.4. The third-order valence-electron chi connectivity index (χ3n) is 4.22. The van der Waals surface area contributed by atoms with Gasteiger partial charge >= 0.3 is 37.7 Å². The quantitative estimate of drug-likeness (QED) is 0.369. The van der Waals surface area contributed by atoms with Gasteiger partial charge in [-0.1, -0.05) is 27.7 Å². The van der Waals surface area contributed by atoms with Gasteiger partial charge in [0.05, 0.1) is 0 Å². The van der Waals surface area contributed by atoms with E-state index in [-0.39, 0.29) is 49.6 Å². The molecule has 0 bridgehead atoms. The van der Waals surface area contributed by atoms with Crippen molar-refractivity contribution in [2.24, 2.45) is 11.8 Å². The Bertz CT molecular complexity index is 685. The van der Waals surface area contributed by atoms with Crippen LogP contribution in [0, 0.1) is 11.8 Å². The summed E-state index contributed by atoms with van der Waals surface area (Å²) in [7, 11) is -9.04. The Hall–Kier alpha value is 0.0197. The molecule has 0 saturated heterocycles. The van der Waals surface area contributed by atoms with E-state index in [2.05, 4.69) is 10.6 Å². The topological polar surface area (TPSA) is 173 Å². The van der Waals surface area contributed by atoms with Crippen molar-refractivity contribution < 1.29 is 35.5 Å². The minimum Gasteiger partial charge on any atom is -0.746 e. The van der Waals surface area contributed by atoms with Gasteiger partial charge in [-0.2, -0.15) is 0 Å². The summed E-state index contributed by atoms with van der Waals surface area (Å²) in [6, 6.07) is 0. The van der Waals surface area contributed by atoms with Crippen LogP contribution in [0.15, 0.2) is 0 Å². The second-order valence-electron chi connectivity index (χ2n) is 7.53. The van der Waals surface area contributed by atoms with Gasteiger partial charge in [-0.05, 0) is 40.5 Å². The fraction of sp³-hybridized carbons (Fsp3) is 0.875. The molecule has 29 heavy (non-hydrogen) atoms. The summed E-state index contributed by atoms with van der Waals surface area (Å²) in [5.74, 6) is -1.43. The van der Waals surface area contributed by atoms with Gasteiger partial charge in [0.25, 0.3) is 0 Å². The van der Waals surface area contributed by atoms with E-state index in [1.165, 1.54) is 27.7 Å². The molecule has 2 amide bonds. The van der Waals surface area contributed by atoms with E-state index in [1.807, 2.05) is 13.8 Å². The van der Waals surface area contributed by atoms with Crippen LogP contribution in [0.5, 0.6) is 0 Å². The molecule has 0 fully saturated rings. The maximum atomic E-state index is 11.3. The Labute approximate surface area is 204 Å². The SMILES string of the molecule is CCC(C)C(=O)NC(C)(C)S(=O)(=O)[O-].CCC(C)C(=O)NC(C)(C)S(=O)(=O)[O-].[Ca+2]. The van der Waals surface area contributed by atoms with Crippen LogP contribution in [0.1, 0.15) is 68.2 Å². The monoisotopic (exact) mass is 484 g/mol. The first-order chi connectivity index (χ1) is 12.2. The van der Waals surface area contributed by atoms with Crippen LogP contribution in [-0.4, -0.2) is 85.2 Å². The molecule has 2 atom stereocenters. The van der Waals surface area contributed by atoms with Crippen LogP contribution in [0.4, 0.5) is 0 Å². The second-order valence-corrected chi connectivity index (χ2v) is 11.4. The van der Waals surface area contributed by atoms with Gasteiger partial charge < -0.3 is 19.7 Å². The average Bonchev–Trinajstić information content (AvgIpc) is 2.50.